The molecule has 0 aromatic carbocycles. The summed E-state index contributed by atoms with van der Waals surface area (Å²) in [5, 5.41) is 9.38. The van der Waals surface area contributed by atoms with Crippen molar-refractivity contribution >= 4 is 11.9 Å². The Morgan fingerprint density at radius 1 is 0.952 bits per heavy atom. The maximum Gasteiger partial charge on any atom is 0.326 e. The molecule has 4 saturated carbocycles. The highest BCUT2D eigenvalue weighted by Gasteiger charge is 2.55. The van der Waals surface area contributed by atoms with E-state index < -0.39 is 12.0 Å². The molecule has 0 spiro atoms. The van der Waals surface area contributed by atoms with Crippen LogP contribution in [0.3, 0.4) is 0 Å². The number of hydrogen-bond donors (Lipinski definition) is 1. The van der Waals surface area contributed by atoms with Crippen LogP contribution in [0.25, 0.3) is 0 Å². The van der Waals surface area contributed by atoms with Gasteiger partial charge in [-0.3, -0.25) is 4.79 Å². The predicted octanol–water partition coefficient (Wildman–Crippen LogP) is 2.67. The van der Waals surface area contributed by atoms with Gasteiger partial charge < -0.3 is 10.0 Å². The van der Waals surface area contributed by atoms with E-state index in [1.54, 1.807) is 4.90 Å². The van der Waals surface area contributed by atoms with Crippen molar-refractivity contribution in [2.24, 2.45) is 23.2 Å². The van der Waals surface area contributed by atoms with Crippen LogP contribution in [0.15, 0.2) is 0 Å². The molecule has 1 aliphatic heterocycles. The number of fused-ring (bicyclic) bond motifs is 1. The number of carbonyl (C=O) groups is 2. The van der Waals surface area contributed by atoms with Gasteiger partial charge in [-0.2, -0.15) is 0 Å². The molecule has 1 saturated heterocycles. The van der Waals surface area contributed by atoms with Crippen molar-refractivity contribution in [1.29, 1.82) is 0 Å². The van der Waals surface area contributed by atoms with Crippen molar-refractivity contribution in [2.75, 3.05) is 6.54 Å². The van der Waals surface area contributed by atoms with E-state index in [1.807, 2.05) is 0 Å². The first-order chi connectivity index (χ1) is 10.1. The fourth-order valence-corrected chi connectivity index (χ4v) is 6.02. The lowest BCUT2D eigenvalue weighted by Crippen LogP contribution is -2.52. The van der Waals surface area contributed by atoms with E-state index in [9.17, 15) is 14.7 Å². The molecule has 1 heterocycles. The van der Waals surface area contributed by atoms with Gasteiger partial charge in [-0.25, -0.2) is 4.79 Å². The highest BCUT2D eigenvalue weighted by molar-refractivity contribution is 5.88. The molecule has 4 bridgehead atoms. The topological polar surface area (TPSA) is 57.6 Å². The first kappa shape index (κ1) is 13.6. The van der Waals surface area contributed by atoms with Crippen LogP contribution in [0, 0.1) is 23.2 Å². The molecule has 5 atom stereocenters. The van der Waals surface area contributed by atoms with Crippen molar-refractivity contribution in [3.63, 3.8) is 0 Å². The molecule has 0 radical (unpaired) electrons. The number of carboxylic acid groups (broad SMARTS) is 1. The summed E-state index contributed by atoms with van der Waals surface area (Å²) in [5.74, 6) is 1.52. The van der Waals surface area contributed by atoms with E-state index >= 15 is 0 Å². The minimum Gasteiger partial charge on any atom is -0.480 e. The Labute approximate surface area is 125 Å². The average Bonchev–Trinajstić information content (AvgIpc) is 2.83. The maximum absolute atomic E-state index is 13.2. The molecule has 4 nitrogen and oxygen atoms in total. The molecular formula is C17H25NO3. The molecule has 2 unspecified atom stereocenters. The van der Waals surface area contributed by atoms with Gasteiger partial charge in [0, 0.05) is 6.54 Å². The van der Waals surface area contributed by atoms with Crippen LogP contribution in [0.1, 0.15) is 57.8 Å². The fraction of sp³-hybridized carbons (Fsp3) is 0.882. The molecule has 0 aromatic rings. The summed E-state index contributed by atoms with van der Waals surface area (Å²) in [6.07, 6.45) is 9.77. The van der Waals surface area contributed by atoms with Crippen molar-refractivity contribution < 1.29 is 14.7 Å². The molecular weight excluding hydrogens is 266 g/mol. The summed E-state index contributed by atoms with van der Waals surface area (Å²) in [7, 11) is 0. The van der Waals surface area contributed by atoms with Gasteiger partial charge in [0.1, 0.15) is 6.04 Å². The maximum atomic E-state index is 13.2. The number of carbonyl (C=O) groups excluding carboxylic acids is 1. The van der Waals surface area contributed by atoms with Gasteiger partial charge in [-0.1, -0.05) is 12.8 Å². The smallest absolute Gasteiger partial charge is 0.326 e. The zero-order chi connectivity index (χ0) is 14.6. The lowest BCUT2D eigenvalue weighted by molar-refractivity contribution is -0.158. The summed E-state index contributed by atoms with van der Waals surface area (Å²) in [6, 6.07) is -0.563. The zero-order valence-corrected chi connectivity index (χ0v) is 12.6. The third-order valence-corrected chi connectivity index (χ3v) is 6.61. The second-order valence-electron chi connectivity index (χ2n) is 8.03. The number of nitrogens with zero attached hydrogens (tertiary/aromatic N) is 1. The first-order valence-electron chi connectivity index (χ1n) is 8.61. The number of hydrogen-bond acceptors (Lipinski definition) is 2. The Balaban J connectivity index is 1.62. The highest BCUT2D eigenvalue weighted by atomic mass is 16.4. The Kier molecular flexibility index (Phi) is 3.05. The monoisotopic (exact) mass is 291 g/mol. The van der Waals surface area contributed by atoms with Gasteiger partial charge in [0.25, 0.3) is 0 Å². The van der Waals surface area contributed by atoms with Gasteiger partial charge in [-0.05, 0) is 62.7 Å². The standard InChI is InChI=1S/C17H25NO3/c19-15(20)14-2-1-5-18(14)16(21)17-8-11-3-4-12(9-17)7-13(6-11)10-17/h11-14H,1-10H2,(H,19,20)/t11-,12+,13?,14-,17?/m1/s1. The van der Waals surface area contributed by atoms with E-state index in [0.29, 0.717) is 24.8 Å². The van der Waals surface area contributed by atoms with Crippen LogP contribution >= 0.6 is 0 Å². The van der Waals surface area contributed by atoms with Crippen molar-refractivity contribution in [3.05, 3.63) is 0 Å². The highest BCUT2D eigenvalue weighted by Crippen LogP contribution is 2.58. The molecule has 5 rings (SSSR count). The normalized spacial score (nSPS) is 44.9. The number of rotatable bonds is 2. The van der Waals surface area contributed by atoms with Crippen LogP contribution < -0.4 is 0 Å². The molecule has 4 heteroatoms. The quantitative estimate of drug-likeness (QED) is 0.851. The summed E-state index contributed by atoms with van der Waals surface area (Å²) >= 11 is 0. The van der Waals surface area contributed by atoms with Crippen molar-refractivity contribution in [1.82, 2.24) is 4.90 Å². The Morgan fingerprint density at radius 2 is 1.57 bits per heavy atom. The number of likely N-dealkylation sites (tertiary alicyclic amines) is 1. The largest absolute Gasteiger partial charge is 0.480 e. The van der Waals surface area contributed by atoms with E-state index in [1.165, 1.54) is 25.7 Å². The number of amides is 1. The van der Waals surface area contributed by atoms with E-state index in [2.05, 4.69) is 0 Å². The average molecular weight is 291 g/mol. The van der Waals surface area contributed by atoms with Crippen LogP contribution in [-0.4, -0.2) is 34.5 Å². The Bertz CT molecular complexity index is 459. The van der Waals surface area contributed by atoms with Gasteiger partial charge in [0.2, 0.25) is 5.91 Å². The predicted molar refractivity (Wildman–Crippen MR) is 77.6 cm³/mol. The molecule has 21 heavy (non-hydrogen) atoms. The lowest BCUT2D eigenvalue weighted by Gasteiger charge is -2.48. The van der Waals surface area contributed by atoms with Crippen LogP contribution in [-0.2, 0) is 9.59 Å². The third kappa shape index (κ3) is 2.09. The minimum atomic E-state index is -0.816. The van der Waals surface area contributed by atoms with Gasteiger partial charge >= 0.3 is 5.97 Å². The second-order valence-corrected chi connectivity index (χ2v) is 8.03. The Hall–Kier alpha value is -1.06. The molecule has 116 valence electrons. The van der Waals surface area contributed by atoms with Gasteiger partial charge in [-0.15, -0.1) is 0 Å². The van der Waals surface area contributed by atoms with E-state index in [4.69, 9.17) is 0 Å². The van der Waals surface area contributed by atoms with Crippen molar-refractivity contribution in [3.8, 4) is 0 Å². The van der Waals surface area contributed by atoms with Crippen LogP contribution in [0.4, 0.5) is 0 Å². The third-order valence-electron chi connectivity index (χ3n) is 6.61. The molecule has 5 aliphatic rings. The second kappa shape index (κ2) is 4.72. The first-order valence-corrected chi connectivity index (χ1v) is 8.61. The van der Waals surface area contributed by atoms with Gasteiger partial charge in [0.15, 0.2) is 0 Å². The number of aliphatic carboxylic acids is 1. The SMILES string of the molecule is O=C(O)[C@H]1CCCN1C(=O)C12CC3C[C@@H](CC[C@@H](C3)C1)C2. The summed E-state index contributed by atoms with van der Waals surface area (Å²) in [5.41, 5.74) is -0.203. The lowest BCUT2D eigenvalue weighted by atomic mass is 9.58. The summed E-state index contributed by atoms with van der Waals surface area (Å²) < 4.78 is 0. The molecule has 0 aromatic heterocycles. The molecule has 4 aliphatic carbocycles. The summed E-state index contributed by atoms with van der Waals surface area (Å²) in [4.78, 5) is 26.4. The van der Waals surface area contributed by atoms with Crippen molar-refractivity contribution in [2.45, 2.75) is 63.8 Å². The van der Waals surface area contributed by atoms with E-state index in [-0.39, 0.29) is 11.3 Å². The van der Waals surface area contributed by atoms with Crippen LogP contribution in [0.5, 0.6) is 0 Å². The minimum absolute atomic E-state index is 0.189. The van der Waals surface area contributed by atoms with E-state index in [0.717, 1.165) is 31.6 Å². The molecule has 1 amide bonds. The Morgan fingerprint density at radius 3 is 2.19 bits per heavy atom. The summed E-state index contributed by atoms with van der Waals surface area (Å²) in [6.45, 7) is 0.650. The molecule has 1 N–H and O–H groups in total. The zero-order valence-electron chi connectivity index (χ0n) is 12.6. The van der Waals surface area contributed by atoms with Gasteiger partial charge in [0.05, 0.1) is 5.41 Å². The van der Waals surface area contributed by atoms with Crippen LogP contribution in [0.2, 0.25) is 0 Å². The fourth-order valence-electron chi connectivity index (χ4n) is 6.02. The molecule has 5 fully saturated rings. The number of carboxylic acids is 1.